The summed E-state index contributed by atoms with van der Waals surface area (Å²) in [6, 6.07) is 1.54. The molecule has 0 amide bonds. The van der Waals surface area contributed by atoms with Crippen LogP contribution in [-0.2, 0) is 5.92 Å². The maximum absolute atomic E-state index is 14.0. The van der Waals surface area contributed by atoms with Gasteiger partial charge in [-0.2, -0.15) is 8.78 Å². The second-order valence-corrected chi connectivity index (χ2v) is 4.32. The maximum atomic E-state index is 14.0. The van der Waals surface area contributed by atoms with Crippen LogP contribution in [0, 0.1) is 13.8 Å². The number of methoxy groups -OCH3 is 1. The Kier molecular flexibility index (Phi) is 4.33. The predicted molar refractivity (Wildman–Crippen MR) is 65.3 cm³/mol. The fourth-order valence-electron chi connectivity index (χ4n) is 1.85. The summed E-state index contributed by atoms with van der Waals surface area (Å²) in [5.41, 5.74) is 0.943. The number of aryl methyl sites for hydroxylation is 1. The molecule has 1 aromatic carbocycles. The number of ether oxygens (including phenoxy) is 1. The third kappa shape index (κ3) is 2.69. The second kappa shape index (κ2) is 5.19. The highest BCUT2D eigenvalue weighted by atomic mass is 35.5. The zero-order valence-electron chi connectivity index (χ0n) is 10.3. The van der Waals surface area contributed by atoms with Crippen molar-refractivity contribution in [3.63, 3.8) is 0 Å². The molecular weight excluding hydrogens is 248 g/mol. The van der Waals surface area contributed by atoms with Crippen molar-refractivity contribution in [2.45, 2.75) is 19.8 Å². The Balaban J connectivity index is 3.45. The van der Waals surface area contributed by atoms with Crippen LogP contribution in [0.5, 0.6) is 5.75 Å². The molecule has 5 heteroatoms. The lowest BCUT2D eigenvalue weighted by Gasteiger charge is -2.22. The number of hydrogen-bond donors (Lipinski definition) is 1. The summed E-state index contributed by atoms with van der Waals surface area (Å²) in [6.07, 6.45) is 0. The van der Waals surface area contributed by atoms with Crippen LogP contribution in [0.1, 0.15) is 16.7 Å². The van der Waals surface area contributed by atoms with Crippen LogP contribution in [0.4, 0.5) is 8.78 Å². The molecule has 0 saturated heterocycles. The van der Waals surface area contributed by atoms with Gasteiger partial charge in [0.1, 0.15) is 5.75 Å². The van der Waals surface area contributed by atoms with Crippen molar-refractivity contribution in [1.82, 2.24) is 5.32 Å². The topological polar surface area (TPSA) is 21.3 Å². The minimum atomic E-state index is -3.01. The summed E-state index contributed by atoms with van der Waals surface area (Å²) in [5, 5.41) is 2.83. The number of likely N-dealkylation sites (N-methyl/N-ethyl adjacent to an activating group) is 1. The number of hydrogen-bond acceptors (Lipinski definition) is 2. The SMILES string of the molecule is CNCC(F)(F)c1c(OC)cc(C)c(Cl)c1C. The van der Waals surface area contributed by atoms with Gasteiger partial charge in [-0.1, -0.05) is 11.6 Å². The van der Waals surface area contributed by atoms with Gasteiger partial charge in [0.15, 0.2) is 0 Å². The molecule has 0 fully saturated rings. The van der Waals surface area contributed by atoms with Gasteiger partial charge in [0.05, 0.1) is 19.2 Å². The van der Waals surface area contributed by atoms with Gasteiger partial charge in [0, 0.05) is 5.02 Å². The molecule has 96 valence electrons. The van der Waals surface area contributed by atoms with E-state index < -0.39 is 12.5 Å². The lowest BCUT2D eigenvalue weighted by molar-refractivity contribution is -0.00403. The van der Waals surface area contributed by atoms with Crippen molar-refractivity contribution in [2.75, 3.05) is 20.7 Å². The maximum Gasteiger partial charge on any atom is 0.289 e. The molecule has 0 spiro atoms. The highest BCUT2D eigenvalue weighted by molar-refractivity contribution is 6.32. The molecule has 0 radical (unpaired) electrons. The molecule has 17 heavy (non-hydrogen) atoms. The molecule has 0 aromatic heterocycles. The average molecular weight is 264 g/mol. The Labute approximate surface area is 105 Å². The zero-order chi connectivity index (χ0) is 13.2. The van der Waals surface area contributed by atoms with Crippen molar-refractivity contribution < 1.29 is 13.5 Å². The van der Waals surface area contributed by atoms with E-state index in [0.29, 0.717) is 10.6 Å². The van der Waals surface area contributed by atoms with Crippen LogP contribution in [0.3, 0.4) is 0 Å². The Morgan fingerprint density at radius 3 is 2.47 bits per heavy atom. The van der Waals surface area contributed by atoms with Gasteiger partial charge in [0.2, 0.25) is 0 Å². The van der Waals surface area contributed by atoms with Crippen LogP contribution < -0.4 is 10.1 Å². The van der Waals surface area contributed by atoms with Crippen molar-refractivity contribution in [1.29, 1.82) is 0 Å². The summed E-state index contributed by atoms with van der Waals surface area (Å²) in [7, 11) is 2.85. The lowest BCUT2D eigenvalue weighted by Crippen LogP contribution is -2.29. The summed E-state index contributed by atoms with van der Waals surface area (Å²) in [6.45, 7) is 2.89. The van der Waals surface area contributed by atoms with Crippen molar-refractivity contribution in [3.05, 3.63) is 27.8 Å². The van der Waals surface area contributed by atoms with Gasteiger partial charge in [0.25, 0.3) is 5.92 Å². The first-order valence-corrected chi connectivity index (χ1v) is 5.59. The largest absolute Gasteiger partial charge is 0.496 e. The summed E-state index contributed by atoms with van der Waals surface area (Å²) in [5.74, 6) is -2.84. The highest BCUT2D eigenvalue weighted by Gasteiger charge is 2.36. The van der Waals surface area contributed by atoms with E-state index in [4.69, 9.17) is 16.3 Å². The number of halogens is 3. The van der Waals surface area contributed by atoms with Crippen LogP contribution in [0.2, 0.25) is 5.02 Å². The van der Waals surface area contributed by atoms with Crippen molar-refractivity contribution >= 4 is 11.6 Å². The molecule has 0 atom stereocenters. The highest BCUT2D eigenvalue weighted by Crippen LogP contribution is 2.41. The average Bonchev–Trinajstić information content (AvgIpc) is 2.24. The summed E-state index contributed by atoms with van der Waals surface area (Å²) in [4.78, 5) is 0. The molecule has 1 N–H and O–H groups in total. The van der Waals surface area contributed by atoms with E-state index >= 15 is 0 Å². The molecule has 2 nitrogen and oxygen atoms in total. The zero-order valence-corrected chi connectivity index (χ0v) is 11.1. The minimum absolute atomic E-state index is 0.148. The summed E-state index contributed by atoms with van der Waals surface area (Å²) >= 11 is 6.01. The Morgan fingerprint density at radius 1 is 1.41 bits per heavy atom. The molecule has 0 saturated carbocycles. The molecule has 0 heterocycles. The number of nitrogens with one attached hydrogen (secondary N) is 1. The van der Waals surface area contributed by atoms with Crippen LogP contribution >= 0.6 is 11.6 Å². The monoisotopic (exact) mass is 263 g/mol. The van der Waals surface area contributed by atoms with E-state index in [1.54, 1.807) is 13.8 Å². The number of benzene rings is 1. The van der Waals surface area contributed by atoms with Crippen molar-refractivity contribution in [3.8, 4) is 5.75 Å². The van der Waals surface area contributed by atoms with Gasteiger partial charge in [-0.25, -0.2) is 0 Å². The van der Waals surface area contributed by atoms with Gasteiger partial charge in [-0.05, 0) is 38.1 Å². The smallest absolute Gasteiger partial charge is 0.289 e. The molecule has 1 rings (SSSR count). The van der Waals surface area contributed by atoms with E-state index in [0.717, 1.165) is 5.56 Å². The molecule has 0 unspecified atom stereocenters. The standard InChI is InChI=1S/C12H16ClF2NO/c1-7-5-9(17-4)10(8(2)11(7)13)12(14,15)6-16-3/h5,16H,6H2,1-4H3. The summed E-state index contributed by atoms with van der Waals surface area (Å²) < 4.78 is 33.0. The van der Waals surface area contributed by atoms with Crippen LogP contribution in [0.25, 0.3) is 0 Å². The number of alkyl halides is 2. The minimum Gasteiger partial charge on any atom is -0.496 e. The van der Waals surface area contributed by atoms with E-state index in [1.807, 2.05) is 0 Å². The first kappa shape index (κ1) is 14.2. The first-order valence-electron chi connectivity index (χ1n) is 5.21. The van der Waals surface area contributed by atoms with E-state index in [9.17, 15) is 8.78 Å². The molecule has 1 aromatic rings. The molecule has 0 aliphatic heterocycles. The Morgan fingerprint density at radius 2 is 2.00 bits per heavy atom. The number of rotatable bonds is 4. The molecule has 0 aliphatic rings. The molecular formula is C12H16ClF2NO. The van der Waals surface area contributed by atoms with Gasteiger partial charge < -0.3 is 10.1 Å². The Bertz CT molecular complexity index is 421. The van der Waals surface area contributed by atoms with Crippen LogP contribution in [-0.4, -0.2) is 20.7 Å². The van der Waals surface area contributed by atoms with E-state index in [1.165, 1.54) is 20.2 Å². The second-order valence-electron chi connectivity index (χ2n) is 3.94. The predicted octanol–water partition coefficient (Wildman–Crippen LogP) is 3.28. The lowest BCUT2D eigenvalue weighted by atomic mass is 9.98. The molecule has 0 bridgehead atoms. The van der Waals surface area contributed by atoms with Gasteiger partial charge in [-0.3, -0.25) is 0 Å². The van der Waals surface area contributed by atoms with Crippen molar-refractivity contribution in [2.24, 2.45) is 0 Å². The third-order valence-corrected chi connectivity index (χ3v) is 3.21. The molecule has 0 aliphatic carbocycles. The third-order valence-electron chi connectivity index (χ3n) is 2.63. The van der Waals surface area contributed by atoms with Gasteiger partial charge in [-0.15, -0.1) is 0 Å². The quantitative estimate of drug-likeness (QED) is 0.900. The van der Waals surface area contributed by atoms with Gasteiger partial charge >= 0.3 is 0 Å². The van der Waals surface area contributed by atoms with E-state index in [-0.39, 0.29) is 11.3 Å². The fourth-order valence-corrected chi connectivity index (χ4v) is 2.00. The fraction of sp³-hybridized carbons (Fsp3) is 0.500. The first-order chi connectivity index (χ1) is 7.85. The normalized spacial score (nSPS) is 11.7. The Hall–Kier alpha value is -0.870. The van der Waals surface area contributed by atoms with E-state index in [2.05, 4.69) is 5.32 Å². The van der Waals surface area contributed by atoms with Crippen LogP contribution in [0.15, 0.2) is 6.07 Å².